The van der Waals surface area contributed by atoms with Crippen LogP contribution in [0.4, 0.5) is 14.5 Å². The van der Waals surface area contributed by atoms with Crippen LogP contribution >= 0.6 is 11.8 Å². The number of halogens is 2. The second kappa shape index (κ2) is 9.02. The van der Waals surface area contributed by atoms with Gasteiger partial charge in [-0.25, -0.2) is 13.8 Å². The van der Waals surface area contributed by atoms with Gasteiger partial charge in [-0.1, -0.05) is 18.7 Å². The predicted molar refractivity (Wildman–Crippen MR) is 118 cm³/mol. The van der Waals surface area contributed by atoms with Crippen molar-refractivity contribution in [1.82, 2.24) is 0 Å². The molecule has 0 amide bonds. The van der Waals surface area contributed by atoms with E-state index in [0.717, 1.165) is 28.2 Å². The van der Waals surface area contributed by atoms with Crippen LogP contribution in [0.15, 0.2) is 70.5 Å². The average molecular weight is 431 g/mol. The molecule has 0 saturated heterocycles. The first-order valence-corrected chi connectivity index (χ1v) is 10.6. The van der Waals surface area contributed by atoms with Gasteiger partial charge in [0.05, 0.1) is 24.1 Å². The molecule has 0 aliphatic carbocycles. The van der Waals surface area contributed by atoms with Gasteiger partial charge in [0, 0.05) is 23.0 Å². The molecule has 30 heavy (non-hydrogen) atoms. The van der Waals surface area contributed by atoms with E-state index in [4.69, 9.17) is 4.74 Å². The Balaban J connectivity index is 1.96. The van der Waals surface area contributed by atoms with E-state index in [2.05, 4.69) is 11.7 Å². The Morgan fingerprint density at radius 3 is 2.43 bits per heavy atom. The van der Waals surface area contributed by atoms with E-state index in [9.17, 15) is 13.9 Å². The zero-order chi connectivity index (χ0) is 21.9. The largest absolute Gasteiger partial charge is 0.491 e. The van der Waals surface area contributed by atoms with Gasteiger partial charge in [-0.15, -0.1) is 11.8 Å². The zero-order valence-corrected chi connectivity index (χ0v) is 18.0. The minimum Gasteiger partial charge on any atom is -0.491 e. The number of rotatable bonds is 7. The van der Waals surface area contributed by atoms with Crippen molar-refractivity contribution >= 4 is 29.2 Å². The van der Waals surface area contributed by atoms with Gasteiger partial charge in [-0.2, -0.15) is 5.10 Å². The molecule has 7 heteroatoms. The van der Waals surface area contributed by atoms with Gasteiger partial charge < -0.3 is 9.84 Å². The van der Waals surface area contributed by atoms with Gasteiger partial charge >= 0.3 is 0 Å². The van der Waals surface area contributed by atoms with E-state index < -0.39 is 17.2 Å². The molecule has 0 saturated carbocycles. The van der Waals surface area contributed by atoms with Crippen LogP contribution in [0.2, 0.25) is 0 Å². The Morgan fingerprint density at radius 1 is 1.13 bits per heavy atom. The van der Waals surface area contributed by atoms with Gasteiger partial charge in [-0.05, 0) is 49.9 Å². The van der Waals surface area contributed by atoms with Gasteiger partial charge in [0.2, 0.25) is 0 Å². The van der Waals surface area contributed by atoms with E-state index in [1.165, 1.54) is 11.1 Å². The molecule has 0 radical (unpaired) electrons. The summed E-state index contributed by atoms with van der Waals surface area (Å²) in [5.41, 5.74) is 1.45. The summed E-state index contributed by atoms with van der Waals surface area (Å²) in [6.07, 6.45) is 4.03. The van der Waals surface area contributed by atoms with Crippen LogP contribution in [-0.2, 0) is 4.74 Å². The number of hydrogen-bond acceptors (Lipinski definition) is 5. The van der Waals surface area contributed by atoms with E-state index in [1.807, 2.05) is 30.5 Å². The lowest BCUT2D eigenvalue weighted by Crippen LogP contribution is -2.25. The lowest BCUT2D eigenvalue weighted by molar-refractivity contribution is 0.0449. The molecule has 0 unspecified atom stereocenters. The fourth-order valence-corrected chi connectivity index (χ4v) is 3.28. The number of thioether (sulfide) groups is 1. The van der Waals surface area contributed by atoms with Crippen LogP contribution in [0.1, 0.15) is 25.8 Å². The molecule has 0 fully saturated rings. The Kier molecular flexibility index (Phi) is 6.63. The molecule has 0 atom stereocenters. The molecule has 0 spiro atoms. The quantitative estimate of drug-likeness (QED) is 0.581. The maximum Gasteiger partial charge on any atom is 0.160 e. The highest BCUT2D eigenvalue weighted by Gasteiger charge is 2.25. The number of anilines is 1. The van der Waals surface area contributed by atoms with Gasteiger partial charge in [0.15, 0.2) is 17.4 Å². The summed E-state index contributed by atoms with van der Waals surface area (Å²) < 4.78 is 33.1. The van der Waals surface area contributed by atoms with Crippen LogP contribution in [-0.4, -0.2) is 29.8 Å². The monoisotopic (exact) mass is 430 g/mol. The second-order valence-corrected chi connectivity index (χ2v) is 8.36. The summed E-state index contributed by atoms with van der Waals surface area (Å²) in [6.45, 7) is 7.74. The summed E-state index contributed by atoms with van der Waals surface area (Å²) in [5, 5.41) is 15.8. The summed E-state index contributed by atoms with van der Waals surface area (Å²) in [6, 6.07) is 11.5. The minimum atomic E-state index is -0.970. The molecular formula is C23H24F2N2O2S. The van der Waals surface area contributed by atoms with Crippen molar-refractivity contribution in [3.05, 3.63) is 77.7 Å². The fourth-order valence-electron chi connectivity index (χ4n) is 2.87. The molecule has 0 aromatic heterocycles. The molecule has 1 N–H and O–H groups in total. The SMILES string of the molecule is C=C1C(OCCC(C)(C)O)=C(c2ccc(SC)cc2)C=NN1c1ccc(F)c(F)c1. The van der Waals surface area contributed by atoms with Crippen molar-refractivity contribution in [1.29, 1.82) is 0 Å². The highest BCUT2D eigenvalue weighted by molar-refractivity contribution is 7.98. The molecule has 3 rings (SSSR count). The van der Waals surface area contributed by atoms with Gasteiger partial charge in [-0.3, -0.25) is 0 Å². The van der Waals surface area contributed by atoms with Crippen LogP contribution in [0.3, 0.4) is 0 Å². The Bertz CT molecular complexity index is 995. The number of allylic oxidation sites excluding steroid dienone is 1. The van der Waals surface area contributed by atoms with Crippen LogP contribution in [0, 0.1) is 11.6 Å². The van der Waals surface area contributed by atoms with Crippen molar-refractivity contribution in [3.63, 3.8) is 0 Å². The third-order valence-electron chi connectivity index (χ3n) is 4.57. The number of nitrogens with zero attached hydrogens (tertiary/aromatic N) is 2. The molecule has 2 aromatic carbocycles. The van der Waals surface area contributed by atoms with Crippen molar-refractivity contribution < 1.29 is 18.6 Å². The van der Waals surface area contributed by atoms with Gasteiger partial charge in [0.1, 0.15) is 5.70 Å². The molecule has 0 bridgehead atoms. The summed E-state index contributed by atoms with van der Waals surface area (Å²) in [4.78, 5) is 1.12. The highest BCUT2D eigenvalue weighted by Crippen LogP contribution is 2.34. The fraction of sp³-hybridized carbons (Fsp3) is 0.261. The van der Waals surface area contributed by atoms with Crippen molar-refractivity contribution in [2.45, 2.75) is 30.8 Å². The van der Waals surface area contributed by atoms with Crippen molar-refractivity contribution in [3.8, 4) is 0 Å². The molecule has 1 aliphatic heterocycles. The first-order chi connectivity index (χ1) is 14.2. The third-order valence-corrected chi connectivity index (χ3v) is 5.32. The van der Waals surface area contributed by atoms with Crippen LogP contribution < -0.4 is 5.01 Å². The molecule has 158 valence electrons. The zero-order valence-electron chi connectivity index (χ0n) is 17.2. The lowest BCUT2D eigenvalue weighted by atomic mass is 10.0. The van der Waals surface area contributed by atoms with Gasteiger partial charge in [0.25, 0.3) is 0 Å². The summed E-state index contributed by atoms with van der Waals surface area (Å²) >= 11 is 1.64. The normalized spacial score (nSPS) is 14.5. The molecule has 1 aliphatic rings. The van der Waals surface area contributed by atoms with Crippen molar-refractivity contribution in [2.24, 2.45) is 5.10 Å². The standard InChI is InChI=1S/C23H24F2N2O2S/c1-15-22(29-12-11-23(2,3)28)19(16-5-8-18(30-4)9-6-16)14-26-27(15)17-7-10-20(24)21(25)13-17/h5-10,13-14,28H,1,11-12H2,2-4H3. The highest BCUT2D eigenvalue weighted by atomic mass is 32.2. The Labute approximate surface area is 179 Å². The van der Waals surface area contributed by atoms with E-state index >= 15 is 0 Å². The maximum atomic E-state index is 13.7. The average Bonchev–Trinajstić information content (AvgIpc) is 2.70. The Hall–Kier alpha value is -2.64. The Morgan fingerprint density at radius 2 is 1.83 bits per heavy atom. The second-order valence-electron chi connectivity index (χ2n) is 7.48. The summed E-state index contributed by atoms with van der Waals surface area (Å²) in [7, 11) is 0. The third kappa shape index (κ3) is 5.09. The maximum absolute atomic E-state index is 13.7. The number of aliphatic hydroxyl groups is 1. The molecule has 4 nitrogen and oxygen atoms in total. The number of hydrazone groups is 1. The topological polar surface area (TPSA) is 45.1 Å². The van der Waals surface area contributed by atoms with E-state index in [0.29, 0.717) is 23.6 Å². The molecule has 2 aromatic rings. The van der Waals surface area contributed by atoms with Crippen LogP contribution in [0.5, 0.6) is 0 Å². The van der Waals surface area contributed by atoms with Crippen LogP contribution in [0.25, 0.3) is 5.57 Å². The smallest absolute Gasteiger partial charge is 0.160 e. The lowest BCUT2D eigenvalue weighted by Gasteiger charge is -2.29. The molecule has 1 heterocycles. The summed E-state index contributed by atoms with van der Waals surface area (Å²) in [5.74, 6) is -1.43. The van der Waals surface area contributed by atoms with Crippen molar-refractivity contribution in [2.75, 3.05) is 17.9 Å². The first-order valence-electron chi connectivity index (χ1n) is 9.42. The van der Waals surface area contributed by atoms with E-state index in [1.54, 1.807) is 31.8 Å². The number of hydrogen-bond donors (Lipinski definition) is 1. The van der Waals surface area contributed by atoms with E-state index in [-0.39, 0.29) is 6.61 Å². The predicted octanol–water partition coefficient (Wildman–Crippen LogP) is 5.60. The number of ether oxygens (including phenoxy) is 1. The minimum absolute atomic E-state index is 0.254. The first kappa shape index (κ1) is 22.1. The molecular weight excluding hydrogens is 406 g/mol. The number of benzene rings is 2.